The summed E-state index contributed by atoms with van der Waals surface area (Å²) in [6, 6.07) is -1.03. The molecule has 8 unspecified atom stereocenters. The van der Waals surface area contributed by atoms with Gasteiger partial charge in [-0.1, -0.05) is 168 Å². The highest BCUT2D eigenvalue weighted by molar-refractivity contribution is 7.80. The summed E-state index contributed by atoms with van der Waals surface area (Å²) in [7, 11) is -5.10. The number of amides is 1. The van der Waals surface area contributed by atoms with Crippen LogP contribution in [-0.4, -0.2) is 107 Å². The number of rotatable bonds is 35. The minimum Gasteiger partial charge on any atom is -0.394 e. The third-order valence-electron chi connectivity index (χ3n) is 10.3. The zero-order valence-corrected chi connectivity index (χ0v) is 33.8. The SMILES string of the molecule is CCCCCCCCCCCCCCCC(O)C(COC1OC(CO)C(O)C(OS(=O)(=O)O)C1O)NC(=O)C(O)CCCCCCCCCCCCC. The highest BCUT2D eigenvalue weighted by Gasteiger charge is 2.48. The number of unbranched alkanes of at least 4 members (excludes halogenated alkanes) is 22. The number of hydrogen-bond donors (Lipinski definition) is 7. The van der Waals surface area contributed by atoms with Crippen LogP contribution >= 0.6 is 0 Å². The minimum atomic E-state index is -5.10. The van der Waals surface area contributed by atoms with Gasteiger partial charge in [-0.15, -0.1) is 0 Å². The maximum atomic E-state index is 13.0. The third kappa shape index (κ3) is 24.3. The summed E-state index contributed by atoms with van der Waals surface area (Å²) >= 11 is 0. The van der Waals surface area contributed by atoms with Crippen LogP contribution in [0.4, 0.5) is 0 Å². The quantitative estimate of drug-likeness (QED) is 0.0291. The van der Waals surface area contributed by atoms with Crippen LogP contribution < -0.4 is 5.32 Å². The summed E-state index contributed by atoms with van der Waals surface area (Å²) in [5.74, 6) is -0.670. The molecule has 0 bridgehead atoms. The van der Waals surface area contributed by atoms with Gasteiger partial charge in [-0.2, -0.15) is 8.42 Å². The predicted molar refractivity (Wildman–Crippen MR) is 205 cm³/mol. The van der Waals surface area contributed by atoms with E-state index in [0.29, 0.717) is 19.3 Å². The largest absolute Gasteiger partial charge is 0.397 e. The van der Waals surface area contributed by atoms with Gasteiger partial charge in [0.15, 0.2) is 6.29 Å². The van der Waals surface area contributed by atoms with E-state index in [2.05, 4.69) is 23.3 Å². The van der Waals surface area contributed by atoms with Crippen LogP contribution in [-0.2, 0) is 28.9 Å². The molecule has 0 saturated carbocycles. The lowest BCUT2D eigenvalue weighted by Gasteiger charge is -2.41. The van der Waals surface area contributed by atoms with Gasteiger partial charge < -0.3 is 40.3 Å². The van der Waals surface area contributed by atoms with E-state index in [0.717, 1.165) is 38.5 Å². The monoisotopic (exact) mass is 784 g/mol. The Bertz CT molecular complexity index is 990. The number of hydrogen-bond acceptors (Lipinski definition) is 11. The van der Waals surface area contributed by atoms with Crippen LogP contribution in [0.1, 0.15) is 181 Å². The first kappa shape index (κ1) is 50.1. The van der Waals surface area contributed by atoms with E-state index < -0.39 is 78.5 Å². The fourth-order valence-corrected chi connectivity index (χ4v) is 7.39. The number of nitrogens with one attached hydrogen (secondary N) is 1. The normalized spacial score (nSPS) is 22.5. The van der Waals surface area contributed by atoms with Crippen molar-refractivity contribution in [2.24, 2.45) is 0 Å². The van der Waals surface area contributed by atoms with Gasteiger partial charge in [0.05, 0.1) is 25.4 Å². The lowest BCUT2D eigenvalue weighted by Crippen LogP contribution is -2.61. The molecule has 1 heterocycles. The maximum absolute atomic E-state index is 13.0. The molecule has 1 aliphatic rings. The predicted octanol–water partition coefficient (Wildman–Crippen LogP) is 6.02. The van der Waals surface area contributed by atoms with E-state index in [1.807, 2.05) is 0 Å². The Morgan fingerprint density at radius 3 is 1.51 bits per heavy atom. The van der Waals surface area contributed by atoms with E-state index in [1.165, 1.54) is 103 Å². The molecule has 1 aliphatic heterocycles. The van der Waals surface area contributed by atoms with E-state index in [-0.39, 0.29) is 6.42 Å². The van der Waals surface area contributed by atoms with Gasteiger partial charge >= 0.3 is 10.4 Å². The van der Waals surface area contributed by atoms with Crippen molar-refractivity contribution in [1.82, 2.24) is 5.32 Å². The van der Waals surface area contributed by atoms with Gasteiger partial charge in [-0.05, 0) is 12.8 Å². The average molecular weight is 784 g/mol. The maximum Gasteiger partial charge on any atom is 0.397 e. The van der Waals surface area contributed by atoms with Crippen LogP contribution in [0.15, 0.2) is 0 Å². The zero-order chi connectivity index (χ0) is 39.3. The fraction of sp³-hybridized carbons (Fsp3) is 0.974. The average Bonchev–Trinajstić information content (AvgIpc) is 3.12. The Balaban J connectivity index is 2.63. The summed E-state index contributed by atoms with van der Waals surface area (Å²) < 4.78 is 47.4. The van der Waals surface area contributed by atoms with Crippen LogP contribution in [0, 0.1) is 0 Å². The molecule has 53 heavy (non-hydrogen) atoms. The van der Waals surface area contributed by atoms with Gasteiger partial charge in [0.25, 0.3) is 0 Å². The van der Waals surface area contributed by atoms with Crippen LogP contribution in [0.3, 0.4) is 0 Å². The second kappa shape index (κ2) is 31.2. The Kier molecular flexibility index (Phi) is 29.5. The van der Waals surface area contributed by atoms with Gasteiger partial charge in [-0.25, -0.2) is 4.18 Å². The smallest absolute Gasteiger partial charge is 0.394 e. The molecule has 1 rings (SSSR count). The molecule has 0 aromatic carbocycles. The first-order valence-corrected chi connectivity index (χ1v) is 22.4. The summed E-state index contributed by atoms with van der Waals surface area (Å²) in [5.41, 5.74) is 0. The first-order valence-electron chi connectivity index (χ1n) is 21.0. The molecule has 7 N–H and O–H groups in total. The Labute approximate surface area is 320 Å². The van der Waals surface area contributed by atoms with Crippen LogP contribution in [0.2, 0.25) is 0 Å². The minimum absolute atomic E-state index is 0.264. The standard InChI is InChI=1S/C39H77NO12S/c1-3-5-7-9-11-13-15-16-18-19-21-23-25-27-32(42)31(30-50-39-36(45)37(52-53(47,48)49)35(44)34(29-41)51-39)40-38(46)33(43)28-26-24-22-20-17-14-12-10-8-6-4-2/h31-37,39,41-45H,3-30H2,1-2H3,(H,40,46)(H,47,48,49). The first-order chi connectivity index (χ1) is 25.4. The second-order valence-electron chi connectivity index (χ2n) is 15.1. The molecule has 1 amide bonds. The molecule has 8 atom stereocenters. The lowest BCUT2D eigenvalue weighted by molar-refractivity contribution is -0.298. The topological polar surface area (TPSA) is 212 Å². The summed E-state index contributed by atoms with van der Waals surface area (Å²) in [5, 5.41) is 55.1. The molecule has 0 spiro atoms. The molecule has 0 aromatic heterocycles. The molecular weight excluding hydrogens is 706 g/mol. The van der Waals surface area contributed by atoms with Crippen molar-refractivity contribution in [1.29, 1.82) is 0 Å². The third-order valence-corrected chi connectivity index (χ3v) is 10.7. The Morgan fingerprint density at radius 2 is 1.09 bits per heavy atom. The molecule has 0 aromatic rings. The van der Waals surface area contributed by atoms with E-state index >= 15 is 0 Å². The summed E-state index contributed by atoms with van der Waals surface area (Å²) in [6.45, 7) is 3.24. The molecule has 1 saturated heterocycles. The van der Waals surface area contributed by atoms with Crippen LogP contribution in [0.25, 0.3) is 0 Å². The summed E-state index contributed by atoms with van der Waals surface area (Å²) in [6.07, 6.45) is 17.3. The molecule has 13 nitrogen and oxygen atoms in total. The van der Waals surface area contributed by atoms with Gasteiger partial charge in [0.1, 0.15) is 30.5 Å². The number of ether oxygens (including phenoxy) is 2. The second-order valence-corrected chi connectivity index (χ2v) is 16.1. The van der Waals surface area contributed by atoms with Crippen molar-refractivity contribution >= 4 is 16.3 Å². The highest BCUT2D eigenvalue weighted by atomic mass is 32.3. The van der Waals surface area contributed by atoms with E-state index in [9.17, 15) is 38.7 Å². The number of carbonyl (C=O) groups excluding carboxylic acids is 1. The highest BCUT2D eigenvalue weighted by Crippen LogP contribution is 2.26. The Morgan fingerprint density at radius 1 is 0.679 bits per heavy atom. The van der Waals surface area contributed by atoms with Crippen molar-refractivity contribution in [2.75, 3.05) is 13.2 Å². The molecule has 316 valence electrons. The van der Waals surface area contributed by atoms with Crippen molar-refractivity contribution in [3.63, 3.8) is 0 Å². The lowest BCUT2D eigenvalue weighted by atomic mass is 9.99. The molecule has 14 heteroatoms. The van der Waals surface area contributed by atoms with Gasteiger partial charge in [0, 0.05) is 0 Å². The molecule has 0 aliphatic carbocycles. The van der Waals surface area contributed by atoms with Crippen molar-refractivity contribution in [3.8, 4) is 0 Å². The van der Waals surface area contributed by atoms with E-state index in [1.54, 1.807) is 0 Å². The van der Waals surface area contributed by atoms with Crippen molar-refractivity contribution in [2.45, 2.75) is 230 Å². The van der Waals surface area contributed by atoms with Gasteiger partial charge in [0.2, 0.25) is 5.91 Å². The molecule has 0 radical (unpaired) electrons. The summed E-state index contributed by atoms with van der Waals surface area (Å²) in [4.78, 5) is 13.0. The van der Waals surface area contributed by atoms with Crippen LogP contribution in [0.5, 0.6) is 0 Å². The molecule has 1 fully saturated rings. The number of aliphatic hydroxyl groups excluding tert-OH is 5. The number of carbonyl (C=O) groups is 1. The van der Waals surface area contributed by atoms with E-state index in [4.69, 9.17) is 14.0 Å². The molecular formula is C39H77NO12S. The zero-order valence-electron chi connectivity index (χ0n) is 33.0. The van der Waals surface area contributed by atoms with Crippen molar-refractivity contribution in [3.05, 3.63) is 0 Å². The fourth-order valence-electron chi connectivity index (χ4n) is 6.88. The number of aliphatic hydroxyl groups is 5. The van der Waals surface area contributed by atoms with Gasteiger partial charge in [-0.3, -0.25) is 9.35 Å². The Hall–Kier alpha value is -0.940. The van der Waals surface area contributed by atoms with Crippen molar-refractivity contribution < 1.29 is 57.0 Å².